The highest BCUT2D eigenvalue weighted by Gasteiger charge is 2.11. The quantitative estimate of drug-likeness (QED) is 0.630. The molecule has 0 bridgehead atoms. The van der Waals surface area contributed by atoms with E-state index in [9.17, 15) is 0 Å². The molecule has 11 heavy (non-hydrogen) atoms. The van der Waals surface area contributed by atoms with E-state index in [2.05, 4.69) is 0 Å². The van der Waals surface area contributed by atoms with E-state index in [1.807, 2.05) is 23.0 Å². The SMILES string of the molecule is CN1C=CC(=N)N(CCCl)C1. The standard InChI is InChI=1S/C7H12ClN3/c1-10-4-2-7(9)11(6-10)5-3-8/h2,4,9H,3,5-6H2,1H3. The summed E-state index contributed by atoms with van der Waals surface area (Å²) in [5, 5.41) is 7.49. The number of amidine groups is 1. The molecule has 0 aromatic carbocycles. The minimum atomic E-state index is 0.545. The summed E-state index contributed by atoms with van der Waals surface area (Å²) in [4.78, 5) is 3.94. The predicted molar refractivity (Wildman–Crippen MR) is 46.9 cm³/mol. The van der Waals surface area contributed by atoms with Crippen LogP contribution in [0.15, 0.2) is 12.3 Å². The van der Waals surface area contributed by atoms with E-state index in [1.54, 1.807) is 6.08 Å². The van der Waals surface area contributed by atoms with Gasteiger partial charge in [-0.3, -0.25) is 5.41 Å². The van der Waals surface area contributed by atoms with Crippen LogP contribution in [0.3, 0.4) is 0 Å². The molecule has 0 saturated carbocycles. The summed E-state index contributed by atoms with van der Waals surface area (Å²) in [5.74, 6) is 1.12. The molecule has 1 aliphatic rings. The highest BCUT2D eigenvalue weighted by Crippen LogP contribution is 2.02. The number of nitrogens with one attached hydrogen (secondary N) is 1. The van der Waals surface area contributed by atoms with Gasteiger partial charge in [-0.05, 0) is 6.08 Å². The van der Waals surface area contributed by atoms with Gasteiger partial charge in [0.15, 0.2) is 0 Å². The normalized spacial score (nSPS) is 17.8. The van der Waals surface area contributed by atoms with Crippen molar-refractivity contribution in [2.75, 3.05) is 26.1 Å². The number of nitrogens with zero attached hydrogens (tertiary/aromatic N) is 2. The molecular weight excluding hydrogens is 162 g/mol. The second-order valence-electron chi connectivity index (χ2n) is 2.55. The van der Waals surface area contributed by atoms with Crippen LogP contribution in [0, 0.1) is 5.41 Å². The maximum absolute atomic E-state index is 7.49. The topological polar surface area (TPSA) is 30.3 Å². The van der Waals surface area contributed by atoms with Crippen LogP contribution >= 0.6 is 11.6 Å². The summed E-state index contributed by atoms with van der Waals surface area (Å²) in [6.45, 7) is 1.51. The molecule has 0 atom stereocenters. The first-order valence-corrected chi connectivity index (χ1v) is 4.05. The second kappa shape index (κ2) is 3.62. The highest BCUT2D eigenvalue weighted by molar-refractivity contribution is 6.18. The van der Waals surface area contributed by atoms with Crippen molar-refractivity contribution in [1.82, 2.24) is 9.80 Å². The van der Waals surface area contributed by atoms with Gasteiger partial charge in [0.25, 0.3) is 0 Å². The third kappa shape index (κ3) is 2.12. The van der Waals surface area contributed by atoms with E-state index in [0.29, 0.717) is 11.7 Å². The summed E-state index contributed by atoms with van der Waals surface area (Å²) >= 11 is 5.57. The molecule has 0 aliphatic carbocycles. The fraction of sp³-hybridized carbons (Fsp3) is 0.571. The zero-order chi connectivity index (χ0) is 8.27. The molecule has 1 aliphatic heterocycles. The lowest BCUT2D eigenvalue weighted by molar-refractivity contribution is 0.280. The minimum Gasteiger partial charge on any atom is -0.363 e. The molecule has 0 saturated heterocycles. The van der Waals surface area contributed by atoms with Crippen LogP contribution in [0.5, 0.6) is 0 Å². The van der Waals surface area contributed by atoms with Crippen LogP contribution in [-0.2, 0) is 0 Å². The van der Waals surface area contributed by atoms with E-state index in [4.69, 9.17) is 17.0 Å². The lowest BCUT2D eigenvalue weighted by Gasteiger charge is -2.31. The third-order valence-corrected chi connectivity index (χ3v) is 1.74. The van der Waals surface area contributed by atoms with Crippen molar-refractivity contribution >= 4 is 17.4 Å². The van der Waals surface area contributed by atoms with Crippen molar-refractivity contribution < 1.29 is 0 Å². The molecule has 0 amide bonds. The summed E-state index contributed by atoms with van der Waals surface area (Å²) in [6, 6.07) is 0. The molecule has 0 spiro atoms. The zero-order valence-electron chi connectivity index (χ0n) is 6.55. The van der Waals surface area contributed by atoms with E-state index >= 15 is 0 Å². The summed E-state index contributed by atoms with van der Waals surface area (Å²) in [5.41, 5.74) is 0. The van der Waals surface area contributed by atoms with Gasteiger partial charge in [0.2, 0.25) is 0 Å². The van der Waals surface area contributed by atoms with Gasteiger partial charge in [-0.15, -0.1) is 11.6 Å². The highest BCUT2D eigenvalue weighted by atomic mass is 35.5. The van der Waals surface area contributed by atoms with Crippen molar-refractivity contribution in [3.63, 3.8) is 0 Å². The Morgan fingerprint density at radius 2 is 2.45 bits per heavy atom. The minimum absolute atomic E-state index is 0.545. The Morgan fingerprint density at radius 1 is 1.73 bits per heavy atom. The van der Waals surface area contributed by atoms with Gasteiger partial charge >= 0.3 is 0 Å². The van der Waals surface area contributed by atoms with Gasteiger partial charge in [-0.25, -0.2) is 0 Å². The molecule has 4 heteroatoms. The fourth-order valence-electron chi connectivity index (χ4n) is 0.989. The van der Waals surface area contributed by atoms with Crippen LogP contribution in [0.4, 0.5) is 0 Å². The maximum atomic E-state index is 7.49. The Bertz CT molecular complexity index is 179. The largest absolute Gasteiger partial charge is 0.363 e. The molecule has 1 heterocycles. The molecule has 0 aromatic heterocycles. The maximum Gasteiger partial charge on any atom is 0.123 e. The van der Waals surface area contributed by atoms with Crippen LogP contribution in [0.25, 0.3) is 0 Å². The average Bonchev–Trinajstić information content (AvgIpc) is 1.98. The summed E-state index contributed by atoms with van der Waals surface area (Å²) in [7, 11) is 1.98. The first kappa shape index (κ1) is 8.40. The number of halogens is 1. The summed E-state index contributed by atoms with van der Waals surface area (Å²) in [6.07, 6.45) is 3.67. The summed E-state index contributed by atoms with van der Waals surface area (Å²) < 4.78 is 0. The lowest BCUT2D eigenvalue weighted by atomic mass is 10.4. The Labute approximate surface area is 71.7 Å². The number of rotatable bonds is 2. The fourth-order valence-corrected chi connectivity index (χ4v) is 1.19. The van der Waals surface area contributed by atoms with Crippen LogP contribution in [-0.4, -0.2) is 41.8 Å². The molecular formula is C7H12ClN3. The molecule has 0 aromatic rings. The molecule has 1 rings (SSSR count). The number of hydrogen-bond donors (Lipinski definition) is 1. The van der Waals surface area contributed by atoms with Gasteiger partial charge in [0, 0.05) is 25.7 Å². The third-order valence-electron chi connectivity index (χ3n) is 1.58. The van der Waals surface area contributed by atoms with Crippen molar-refractivity contribution in [2.24, 2.45) is 0 Å². The molecule has 0 fully saturated rings. The van der Waals surface area contributed by atoms with Crippen LogP contribution in [0.2, 0.25) is 0 Å². The van der Waals surface area contributed by atoms with E-state index in [-0.39, 0.29) is 0 Å². The molecule has 1 N–H and O–H groups in total. The van der Waals surface area contributed by atoms with Crippen molar-refractivity contribution in [3.8, 4) is 0 Å². The number of alkyl halides is 1. The lowest BCUT2D eigenvalue weighted by Crippen LogP contribution is -2.41. The zero-order valence-corrected chi connectivity index (χ0v) is 7.30. The van der Waals surface area contributed by atoms with Gasteiger partial charge in [-0.2, -0.15) is 0 Å². The van der Waals surface area contributed by atoms with Crippen LogP contribution in [0.1, 0.15) is 0 Å². The Balaban J connectivity index is 2.53. The van der Waals surface area contributed by atoms with Crippen molar-refractivity contribution in [2.45, 2.75) is 0 Å². The molecule has 3 nitrogen and oxygen atoms in total. The Kier molecular flexibility index (Phi) is 2.76. The van der Waals surface area contributed by atoms with Crippen LogP contribution < -0.4 is 0 Å². The average molecular weight is 174 g/mol. The number of hydrogen-bond acceptors (Lipinski definition) is 2. The first-order valence-electron chi connectivity index (χ1n) is 3.52. The van der Waals surface area contributed by atoms with Gasteiger partial charge in [0.1, 0.15) is 5.84 Å². The van der Waals surface area contributed by atoms with Crippen molar-refractivity contribution in [3.05, 3.63) is 12.3 Å². The van der Waals surface area contributed by atoms with Gasteiger partial charge in [-0.1, -0.05) is 0 Å². The first-order chi connectivity index (χ1) is 5.24. The molecule has 0 unspecified atom stereocenters. The Morgan fingerprint density at radius 3 is 3.09 bits per heavy atom. The molecule has 62 valence electrons. The Hall–Kier alpha value is -0.700. The van der Waals surface area contributed by atoms with E-state index in [1.165, 1.54) is 0 Å². The molecule has 0 radical (unpaired) electrons. The van der Waals surface area contributed by atoms with Crippen molar-refractivity contribution in [1.29, 1.82) is 5.41 Å². The van der Waals surface area contributed by atoms with Gasteiger partial charge < -0.3 is 9.80 Å². The smallest absolute Gasteiger partial charge is 0.123 e. The van der Waals surface area contributed by atoms with Gasteiger partial charge in [0.05, 0.1) is 6.67 Å². The second-order valence-corrected chi connectivity index (χ2v) is 2.93. The van der Waals surface area contributed by atoms with E-state index < -0.39 is 0 Å². The predicted octanol–water partition coefficient (Wildman–Crippen LogP) is 0.921. The monoisotopic (exact) mass is 173 g/mol. The van der Waals surface area contributed by atoms with E-state index in [0.717, 1.165) is 13.2 Å².